The molecule has 0 unspecified atom stereocenters. The summed E-state index contributed by atoms with van der Waals surface area (Å²) < 4.78 is 0. The molecule has 0 radical (unpaired) electrons. The first-order valence-electron chi connectivity index (χ1n) is 7.15. The molecule has 0 bridgehead atoms. The molecule has 0 atom stereocenters. The van der Waals surface area contributed by atoms with Gasteiger partial charge in [-0.15, -0.1) is 0 Å². The van der Waals surface area contributed by atoms with Gasteiger partial charge in [0.25, 0.3) is 0 Å². The first-order chi connectivity index (χ1) is 10.6. The maximum atomic E-state index is 9.10. The normalized spacial score (nSPS) is 11.0. The van der Waals surface area contributed by atoms with Gasteiger partial charge in [0.1, 0.15) is 0 Å². The third-order valence-corrected chi connectivity index (χ3v) is 3.33. The van der Waals surface area contributed by atoms with Crippen LogP contribution in [0.2, 0.25) is 0 Å². The predicted octanol–water partition coefficient (Wildman–Crippen LogP) is 2.09. The van der Waals surface area contributed by atoms with Crippen molar-refractivity contribution in [3.05, 3.63) is 53.6 Å². The Kier molecular flexibility index (Phi) is 5.27. The van der Waals surface area contributed by atoms with E-state index < -0.39 is 0 Å². The number of aliphatic hydroxyl groups is 1. The highest BCUT2D eigenvalue weighted by Gasteiger charge is 2.01. The smallest absolute Gasteiger partial charge is 0.0472 e. The molecule has 0 amide bonds. The third kappa shape index (κ3) is 4.17. The van der Waals surface area contributed by atoms with Gasteiger partial charge in [0.05, 0.1) is 0 Å². The van der Waals surface area contributed by atoms with E-state index in [2.05, 4.69) is 5.32 Å². The lowest BCUT2D eigenvalue weighted by Gasteiger charge is -2.11. The molecule has 0 aliphatic rings. The number of nitrogens with one attached hydrogen (secondary N) is 1. The standard InChI is InChI=1S/C17H22N4O/c18-14-3-5-16(20)12(10-14)2-1-8-21-17-6-4-15(19)11-13(17)7-9-22/h1-6,10-11,21-22H,7-9,18-20H2/b2-1+. The zero-order chi connectivity index (χ0) is 15.9. The van der Waals surface area contributed by atoms with Crippen molar-refractivity contribution in [1.29, 1.82) is 0 Å². The monoisotopic (exact) mass is 298 g/mol. The Hall–Kier alpha value is -2.66. The van der Waals surface area contributed by atoms with Gasteiger partial charge in [0.15, 0.2) is 0 Å². The highest BCUT2D eigenvalue weighted by molar-refractivity contribution is 5.69. The minimum atomic E-state index is 0.0911. The van der Waals surface area contributed by atoms with Crippen molar-refractivity contribution in [3.8, 4) is 0 Å². The predicted molar refractivity (Wildman–Crippen MR) is 94.4 cm³/mol. The molecule has 0 aliphatic heterocycles. The van der Waals surface area contributed by atoms with Crippen molar-refractivity contribution in [3.63, 3.8) is 0 Å². The highest BCUT2D eigenvalue weighted by atomic mass is 16.2. The SMILES string of the molecule is Nc1ccc(N)c(/C=C/CNc2ccc(N)cc2CCO)c1. The molecule has 0 saturated heterocycles. The van der Waals surface area contributed by atoms with Gasteiger partial charge in [-0.2, -0.15) is 0 Å². The zero-order valence-corrected chi connectivity index (χ0v) is 12.4. The van der Waals surface area contributed by atoms with Crippen molar-refractivity contribution in [2.45, 2.75) is 6.42 Å². The van der Waals surface area contributed by atoms with Crippen molar-refractivity contribution in [2.75, 3.05) is 35.7 Å². The summed E-state index contributed by atoms with van der Waals surface area (Å²) in [5.74, 6) is 0. The van der Waals surface area contributed by atoms with Crippen LogP contribution in [0, 0.1) is 0 Å². The summed E-state index contributed by atoms with van der Waals surface area (Å²) in [5, 5.41) is 12.4. The van der Waals surface area contributed by atoms with Gasteiger partial charge < -0.3 is 27.6 Å². The second-order valence-corrected chi connectivity index (χ2v) is 5.06. The number of nitrogens with two attached hydrogens (primary N) is 3. The maximum absolute atomic E-state index is 9.10. The van der Waals surface area contributed by atoms with E-state index in [4.69, 9.17) is 22.3 Å². The maximum Gasteiger partial charge on any atom is 0.0472 e. The molecular weight excluding hydrogens is 276 g/mol. The van der Waals surface area contributed by atoms with E-state index in [0.29, 0.717) is 30.0 Å². The van der Waals surface area contributed by atoms with E-state index in [1.165, 1.54) is 0 Å². The number of hydrogen-bond donors (Lipinski definition) is 5. The summed E-state index contributed by atoms with van der Waals surface area (Å²) in [6.07, 6.45) is 4.48. The van der Waals surface area contributed by atoms with Crippen LogP contribution >= 0.6 is 0 Å². The fraction of sp³-hybridized carbons (Fsp3) is 0.176. The highest BCUT2D eigenvalue weighted by Crippen LogP contribution is 2.20. The molecular formula is C17H22N4O. The molecule has 5 heteroatoms. The average Bonchev–Trinajstić information content (AvgIpc) is 2.49. The van der Waals surface area contributed by atoms with E-state index >= 15 is 0 Å². The lowest BCUT2D eigenvalue weighted by atomic mass is 10.1. The number of hydrogen-bond acceptors (Lipinski definition) is 5. The van der Waals surface area contributed by atoms with E-state index in [-0.39, 0.29) is 6.61 Å². The fourth-order valence-electron chi connectivity index (χ4n) is 2.21. The molecule has 5 nitrogen and oxygen atoms in total. The van der Waals surface area contributed by atoms with E-state index in [9.17, 15) is 0 Å². The topological polar surface area (TPSA) is 110 Å². The minimum Gasteiger partial charge on any atom is -0.399 e. The summed E-state index contributed by atoms with van der Waals surface area (Å²) in [5.41, 5.74) is 22.3. The molecule has 0 aliphatic carbocycles. The van der Waals surface area contributed by atoms with Crippen LogP contribution in [0.3, 0.4) is 0 Å². The Morgan fingerprint density at radius 2 is 1.73 bits per heavy atom. The molecule has 8 N–H and O–H groups in total. The van der Waals surface area contributed by atoms with Gasteiger partial charge in [-0.1, -0.05) is 12.2 Å². The van der Waals surface area contributed by atoms with E-state index in [1.807, 2.05) is 36.4 Å². The second-order valence-electron chi connectivity index (χ2n) is 5.06. The molecule has 2 aromatic carbocycles. The minimum absolute atomic E-state index is 0.0911. The molecule has 0 saturated carbocycles. The molecule has 0 aromatic heterocycles. The Labute approximate surface area is 130 Å². The summed E-state index contributed by atoms with van der Waals surface area (Å²) in [4.78, 5) is 0. The van der Waals surface area contributed by atoms with Crippen LogP contribution < -0.4 is 22.5 Å². The lowest BCUT2D eigenvalue weighted by molar-refractivity contribution is 0.300. The summed E-state index contributed by atoms with van der Waals surface area (Å²) in [6, 6.07) is 11.0. The Bertz CT molecular complexity index is 668. The van der Waals surface area contributed by atoms with Crippen LogP contribution in [0.5, 0.6) is 0 Å². The third-order valence-electron chi connectivity index (χ3n) is 3.33. The number of aliphatic hydroxyl groups excluding tert-OH is 1. The molecule has 0 fully saturated rings. The Morgan fingerprint density at radius 1 is 1.00 bits per heavy atom. The fourth-order valence-corrected chi connectivity index (χ4v) is 2.21. The number of rotatable bonds is 6. The summed E-state index contributed by atoms with van der Waals surface area (Å²) in [7, 11) is 0. The average molecular weight is 298 g/mol. The lowest BCUT2D eigenvalue weighted by Crippen LogP contribution is -2.04. The van der Waals surface area contributed by atoms with Crippen LogP contribution in [0.4, 0.5) is 22.7 Å². The van der Waals surface area contributed by atoms with Crippen molar-refractivity contribution in [2.24, 2.45) is 0 Å². The van der Waals surface area contributed by atoms with E-state index in [1.54, 1.807) is 12.1 Å². The first-order valence-corrected chi connectivity index (χ1v) is 7.15. The van der Waals surface area contributed by atoms with Crippen LogP contribution in [0.1, 0.15) is 11.1 Å². The first kappa shape index (κ1) is 15.7. The van der Waals surface area contributed by atoms with Crippen molar-refractivity contribution >= 4 is 28.8 Å². The van der Waals surface area contributed by atoms with Crippen LogP contribution in [-0.4, -0.2) is 18.3 Å². The van der Waals surface area contributed by atoms with Gasteiger partial charge in [-0.05, 0) is 53.9 Å². The summed E-state index contributed by atoms with van der Waals surface area (Å²) >= 11 is 0. The van der Waals surface area contributed by atoms with Crippen molar-refractivity contribution in [1.82, 2.24) is 0 Å². The van der Waals surface area contributed by atoms with Gasteiger partial charge in [-0.25, -0.2) is 0 Å². The molecule has 0 spiro atoms. The van der Waals surface area contributed by atoms with Crippen LogP contribution in [0.15, 0.2) is 42.5 Å². The molecule has 2 aromatic rings. The van der Waals surface area contributed by atoms with Gasteiger partial charge >= 0.3 is 0 Å². The molecule has 22 heavy (non-hydrogen) atoms. The van der Waals surface area contributed by atoms with Crippen molar-refractivity contribution < 1.29 is 5.11 Å². The molecule has 0 heterocycles. The Balaban J connectivity index is 2.01. The van der Waals surface area contributed by atoms with Gasteiger partial charge in [0, 0.05) is 35.9 Å². The summed E-state index contributed by atoms with van der Waals surface area (Å²) in [6.45, 7) is 0.727. The quantitative estimate of drug-likeness (QED) is 0.524. The number of nitrogen functional groups attached to an aromatic ring is 3. The largest absolute Gasteiger partial charge is 0.399 e. The number of anilines is 4. The van der Waals surface area contributed by atoms with Gasteiger partial charge in [-0.3, -0.25) is 0 Å². The van der Waals surface area contributed by atoms with Gasteiger partial charge in [0.2, 0.25) is 0 Å². The molecule has 116 valence electrons. The number of benzene rings is 2. The zero-order valence-electron chi connectivity index (χ0n) is 12.4. The van der Waals surface area contributed by atoms with Crippen LogP contribution in [0.25, 0.3) is 6.08 Å². The molecule has 2 rings (SSSR count). The van der Waals surface area contributed by atoms with E-state index in [0.717, 1.165) is 16.8 Å². The van der Waals surface area contributed by atoms with Crippen LogP contribution in [-0.2, 0) is 6.42 Å². The Morgan fingerprint density at radius 3 is 2.50 bits per heavy atom. The second kappa shape index (κ2) is 7.38.